The minimum atomic E-state index is -1.08. The maximum Gasteiger partial charge on any atom is 0.338 e. The summed E-state index contributed by atoms with van der Waals surface area (Å²) in [4.78, 5) is 20.9. The number of benzene rings is 1. The Labute approximate surface area is 113 Å². The maximum absolute atomic E-state index is 10.7. The Kier molecular flexibility index (Phi) is 3.69. The third-order valence-electron chi connectivity index (χ3n) is 2.65. The van der Waals surface area contributed by atoms with Crippen LogP contribution in [0.3, 0.4) is 0 Å². The van der Waals surface area contributed by atoms with E-state index in [9.17, 15) is 14.9 Å². The summed E-state index contributed by atoms with van der Waals surface area (Å²) in [6.07, 6.45) is 1.13. The number of nitro benzene ring substituents is 1. The second-order valence-corrected chi connectivity index (χ2v) is 4.10. The van der Waals surface area contributed by atoms with Crippen molar-refractivity contribution in [1.29, 1.82) is 0 Å². The molecule has 104 valence electrons. The van der Waals surface area contributed by atoms with Crippen molar-refractivity contribution in [3.05, 3.63) is 57.5 Å². The van der Waals surface area contributed by atoms with Gasteiger partial charge >= 0.3 is 5.97 Å². The Balaban J connectivity index is 2.05. The van der Waals surface area contributed by atoms with Crippen LogP contribution in [0, 0.1) is 17.0 Å². The van der Waals surface area contributed by atoms with E-state index in [1.807, 2.05) is 0 Å². The molecule has 2 aromatic rings. The highest BCUT2D eigenvalue weighted by atomic mass is 16.6. The van der Waals surface area contributed by atoms with Gasteiger partial charge in [-0.05, 0) is 25.1 Å². The van der Waals surface area contributed by atoms with E-state index in [2.05, 4.69) is 0 Å². The van der Waals surface area contributed by atoms with E-state index in [1.54, 1.807) is 13.0 Å². The molecule has 1 heterocycles. The number of aromatic carboxylic acids is 1. The molecule has 0 bridgehead atoms. The van der Waals surface area contributed by atoms with E-state index in [4.69, 9.17) is 14.3 Å². The Morgan fingerprint density at radius 2 is 2.20 bits per heavy atom. The van der Waals surface area contributed by atoms with Gasteiger partial charge in [-0.3, -0.25) is 10.1 Å². The topological polar surface area (TPSA) is 103 Å². The molecule has 0 atom stereocenters. The number of nitro groups is 1. The predicted octanol–water partition coefficient (Wildman–Crippen LogP) is 2.77. The molecular formula is C13H11NO6. The van der Waals surface area contributed by atoms with Crippen LogP contribution in [0.15, 0.2) is 34.9 Å². The normalized spacial score (nSPS) is 10.2. The first-order valence-corrected chi connectivity index (χ1v) is 5.66. The van der Waals surface area contributed by atoms with E-state index < -0.39 is 10.9 Å². The zero-order chi connectivity index (χ0) is 14.7. The molecule has 2 rings (SSSR count). The first kappa shape index (κ1) is 13.6. The fraction of sp³-hybridized carbons (Fsp3) is 0.154. The lowest BCUT2D eigenvalue weighted by molar-refractivity contribution is -0.385. The molecule has 0 aliphatic heterocycles. The fourth-order valence-corrected chi connectivity index (χ4v) is 1.65. The molecule has 1 aromatic heterocycles. The second-order valence-electron chi connectivity index (χ2n) is 4.10. The van der Waals surface area contributed by atoms with E-state index >= 15 is 0 Å². The number of furan rings is 1. The summed E-state index contributed by atoms with van der Waals surface area (Å²) in [5.41, 5.74) is 0.546. The highest BCUT2D eigenvalue weighted by molar-refractivity contribution is 5.87. The van der Waals surface area contributed by atoms with E-state index in [1.165, 1.54) is 18.2 Å². The van der Waals surface area contributed by atoms with E-state index in [0.29, 0.717) is 17.1 Å². The number of aryl methyl sites for hydroxylation is 1. The maximum atomic E-state index is 10.7. The quantitative estimate of drug-likeness (QED) is 0.665. The van der Waals surface area contributed by atoms with Crippen LogP contribution in [-0.2, 0) is 6.61 Å². The van der Waals surface area contributed by atoms with Crippen LogP contribution in [0.2, 0.25) is 0 Å². The average molecular weight is 277 g/mol. The molecule has 0 amide bonds. The van der Waals surface area contributed by atoms with Gasteiger partial charge in [0, 0.05) is 11.6 Å². The summed E-state index contributed by atoms with van der Waals surface area (Å²) >= 11 is 0. The summed E-state index contributed by atoms with van der Waals surface area (Å²) in [6, 6.07) is 5.74. The molecule has 0 spiro atoms. The van der Waals surface area contributed by atoms with Gasteiger partial charge in [0.1, 0.15) is 24.4 Å². The Bertz CT molecular complexity index is 661. The molecule has 1 aromatic carbocycles. The van der Waals surface area contributed by atoms with Gasteiger partial charge in [0.05, 0.1) is 10.5 Å². The molecule has 0 unspecified atom stereocenters. The molecule has 0 radical (unpaired) electrons. The van der Waals surface area contributed by atoms with Crippen molar-refractivity contribution in [3.63, 3.8) is 0 Å². The number of carbonyl (C=O) groups is 1. The Hall–Kier alpha value is -2.83. The van der Waals surface area contributed by atoms with Gasteiger partial charge in [-0.1, -0.05) is 0 Å². The first-order chi connectivity index (χ1) is 9.47. The molecule has 0 aliphatic carbocycles. The SMILES string of the molecule is Cc1cc(OCc2cc(C(=O)O)co2)ccc1[N+](=O)[O-]. The lowest BCUT2D eigenvalue weighted by atomic mass is 10.2. The molecule has 0 saturated heterocycles. The van der Waals surface area contributed by atoms with Crippen molar-refractivity contribution in [2.45, 2.75) is 13.5 Å². The number of carboxylic acid groups (broad SMARTS) is 1. The minimum Gasteiger partial charge on any atom is -0.486 e. The highest BCUT2D eigenvalue weighted by Gasteiger charge is 2.12. The largest absolute Gasteiger partial charge is 0.486 e. The molecule has 0 saturated carbocycles. The lowest BCUT2D eigenvalue weighted by Crippen LogP contribution is -1.97. The van der Waals surface area contributed by atoms with Crippen LogP contribution in [0.5, 0.6) is 5.75 Å². The minimum absolute atomic E-state index is 0.0171. The molecule has 1 N–H and O–H groups in total. The Morgan fingerprint density at radius 1 is 1.45 bits per heavy atom. The number of hydrogen-bond donors (Lipinski definition) is 1. The van der Waals surface area contributed by atoms with Gasteiger partial charge in [-0.15, -0.1) is 0 Å². The zero-order valence-electron chi connectivity index (χ0n) is 10.5. The van der Waals surface area contributed by atoms with Crippen LogP contribution in [-0.4, -0.2) is 16.0 Å². The van der Waals surface area contributed by atoms with Gasteiger partial charge in [0.2, 0.25) is 0 Å². The molecule has 0 aliphatic rings. The molecule has 0 fully saturated rings. The zero-order valence-corrected chi connectivity index (χ0v) is 10.5. The second kappa shape index (κ2) is 5.43. The van der Waals surface area contributed by atoms with Gasteiger partial charge < -0.3 is 14.3 Å². The number of carboxylic acids is 1. The van der Waals surface area contributed by atoms with Crippen molar-refractivity contribution in [2.75, 3.05) is 0 Å². The van der Waals surface area contributed by atoms with E-state index in [-0.39, 0.29) is 17.9 Å². The standard InChI is InChI=1S/C13H11NO6/c1-8-4-10(2-3-12(8)14(17)18)20-7-11-5-9(6-19-11)13(15)16/h2-6H,7H2,1H3,(H,15,16). The van der Waals surface area contributed by atoms with Crippen LogP contribution in [0.4, 0.5) is 5.69 Å². The number of hydrogen-bond acceptors (Lipinski definition) is 5. The van der Waals surface area contributed by atoms with Crippen LogP contribution in [0.1, 0.15) is 21.7 Å². The fourth-order valence-electron chi connectivity index (χ4n) is 1.65. The van der Waals surface area contributed by atoms with E-state index in [0.717, 1.165) is 6.26 Å². The predicted molar refractivity (Wildman–Crippen MR) is 67.8 cm³/mol. The number of ether oxygens (including phenoxy) is 1. The lowest BCUT2D eigenvalue weighted by Gasteiger charge is -2.05. The van der Waals surface area contributed by atoms with Crippen LogP contribution in [0.25, 0.3) is 0 Å². The van der Waals surface area contributed by atoms with Crippen molar-refractivity contribution < 1.29 is 24.0 Å². The Morgan fingerprint density at radius 3 is 2.75 bits per heavy atom. The third kappa shape index (κ3) is 2.94. The van der Waals surface area contributed by atoms with Gasteiger partial charge in [0.25, 0.3) is 5.69 Å². The highest BCUT2D eigenvalue weighted by Crippen LogP contribution is 2.23. The average Bonchev–Trinajstić information content (AvgIpc) is 2.85. The van der Waals surface area contributed by atoms with Crippen molar-refractivity contribution in [3.8, 4) is 5.75 Å². The van der Waals surface area contributed by atoms with Crippen LogP contribution >= 0.6 is 0 Å². The summed E-state index contributed by atoms with van der Waals surface area (Å²) in [7, 11) is 0. The molecule has 7 nitrogen and oxygen atoms in total. The van der Waals surface area contributed by atoms with Gasteiger partial charge in [0.15, 0.2) is 0 Å². The summed E-state index contributed by atoms with van der Waals surface area (Å²) in [5, 5.41) is 19.4. The first-order valence-electron chi connectivity index (χ1n) is 5.66. The van der Waals surface area contributed by atoms with Crippen molar-refractivity contribution in [1.82, 2.24) is 0 Å². The smallest absolute Gasteiger partial charge is 0.338 e. The van der Waals surface area contributed by atoms with Crippen molar-refractivity contribution in [2.24, 2.45) is 0 Å². The van der Waals surface area contributed by atoms with Gasteiger partial charge in [-0.2, -0.15) is 0 Å². The van der Waals surface area contributed by atoms with Crippen LogP contribution < -0.4 is 4.74 Å². The third-order valence-corrected chi connectivity index (χ3v) is 2.65. The number of rotatable bonds is 5. The number of nitrogens with zero attached hydrogens (tertiary/aromatic N) is 1. The molecule has 20 heavy (non-hydrogen) atoms. The molecule has 7 heteroatoms. The van der Waals surface area contributed by atoms with Crippen molar-refractivity contribution >= 4 is 11.7 Å². The summed E-state index contributed by atoms with van der Waals surface area (Å²) in [6.45, 7) is 1.66. The monoisotopic (exact) mass is 277 g/mol. The van der Waals surface area contributed by atoms with Gasteiger partial charge in [-0.25, -0.2) is 4.79 Å². The summed E-state index contributed by atoms with van der Waals surface area (Å²) < 4.78 is 10.4. The molecular weight excluding hydrogens is 266 g/mol. The summed E-state index contributed by atoms with van der Waals surface area (Å²) in [5.74, 6) is -0.272.